The molecule has 2 aromatic rings. The standard InChI is InChI=1S/C12H5Br5O/c13-8-7(5-1-3-6(18)4-2-5)9(14)11(16)12(17)10(8)15/h1-4,18H. The molecule has 2 aromatic carbocycles. The quantitative estimate of drug-likeness (QED) is 0.296. The summed E-state index contributed by atoms with van der Waals surface area (Å²) in [6, 6.07) is 7.07. The van der Waals surface area contributed by atoms with Crippen LogP contribution in [0, 0.1) is 0 Å². The van der Waals surface area contributed by atoms with Crippen LogP contribution in [0.5, 0.6) is 5.75 Å². The summed E-state index contributed by atoms with van der Waals surface area (Å²) >= 11 is 17.7. The molecule has 0 spiro atoms. The lowest BCUT2D eigenvalue weighted by Crippen LogP contribution is -1.87. The van der Waals surface area contributed by atoms with Crippen LogP contribution in [0.3, 0.4) is 0 Å². The number of rotatable bonds is 1. The normalized spacial score (nSPS) is 10.7. The Hall–Kier alpha value is 0.640. The van der Waals surface area contributed by atoms with Crippen molar-refractivity contribution in [2.75, 3.05) is 0 Å². The van der Waals surface area contributed by atoms with Crippen LogP contribution in [0.15, 0.2) is 46.6 Å². The Morgan fingerprint density at radius 3 is 1.44 bits per heavy atom. The Bertz CT molecular complexity index is 578. The van der Waals surface area contributed by atoms with Crippen LogP contribution in [0.2, 0.25) is 0 Å². The third-order valence-electron chi connectivity index (χ3n) is 2.37. The third-order valence-corrected chi connectivity index (χ3v) is 8.46. The minimum absolute atomic E-state index is 0.251. The smallest absolute Gasteiger partial charge is 0.115 e. The van der Waals surface area contributed by atoms with Gasteiger partial charge in [-0.15, -0.1) is 0 Å². The van der Waals surface area contributed by atoms with Crippen molar-refractivity contribution in [2.24, 2.45) is 0 Å². The van der Waals surface area contributed by atoms with E-state index < -0.39 is 0 Å². The minimum Gasteiger partial charge on any atom is -0.508 e. The largest absolute Gasteiger partial charge is 0.508 e. The van der Waals surface area contributed by atoms with Gasteiger partial charge in [-0.25, -0.2) is 0 Å². The molecule has 1 nitrogen and oxygen atoms in total. The van der Waals surface area contributed by atoms with E-state index in [1.807, 2.05) is 12.1 Å². The number of phenols is 1. The second-order valence-corrected chi connectivity index (χ2v) is 7.46. The minimum atomic E-state index is 0.251. The molecule has 0 bridgehead atoms. The predicted molar refractivity (Wildman–Crippen MR) is 92.0 cm³/mol. The average Bonchev–Trinajstić information content (AvgIpc) is 2.36. The van der Waals surface area contributed by atoms with Gasteiger partial charge in [-0.05, 0) is 97.3 Å². The van der Waals surface area contributed by atoms with Crippen LogP contribution in [-0.2, 0) is 0 Å². The van der Waals surface area contributed by atoms with Crippen molar-refractivity contribution in [3.8, 4) is 16.9 Å². The molecule has 1 N–H and O–H groups in total. The average molecular weight is 565 g/mol. The first-order chi connectivity index (χ1) is 8.43. The summed E-state index contributed by atoms with van der Waals surface area (Å²) < 4.78 is 4.68. The van der Waals surface area contributed by atoms with E-state index in [1.54, 1.807) is 12.1 Å². The van der Waals surface area contributed by atoms with Gasteiger partial charge in [0.25, 0.3) is 0 Å². The van der Waals surface area contributed by atoms with Crippen LogP contribution < -0.4 is 0 Å². The molecule has 0 saturated heterocycles. The van der Waals surface area contributed by atoms with Gasteiger partial charge in [0.1, 0.15) is 5.75 Å². The van der Waals surface area contributed by atoms with Crippen molar-refractivity contribution in [3.63, 3.8) is 0 Å². The predicted octanol–water partition coefficient (Wildman–Crippen LogP) is 6.87. The molecule has 94 valence electrons. The number of aromatic hydroxyl groups is 1. The van der Waals surface area contributed by atoms with E-state index in [4.69, 9.17) is 0 Å². The molecule has 0 radical (unpaired) electrons. The van der Waals surface area contributed by atoms with Gasteiger partial charge >= 0.3 is 0 Å². The lowest BCUT2D eigenvalue weighted by atomic mass is 10.1. The SMILES string of the molecule is Oc1ccc(-c2c(Br)c(Br)c(Br)c(Br)c2Br)cc1. The maximum Gasteiger partial charge on any atom is 0.115 e. The molecule has 0 aliphatic rings. The Balaban J connectivity index is 2.75. The maximum atomic E-state index is 9.35. The molecule has 0 aromatic heterocycles. The highest BCUT2D eigenvalue weighted by Gasteiger charge is 2.18. The van der Waals surface area contributed by atoms with Crippen molar-refractivity contribution >= 4 is 79.6 Å². The molecule has 6 heteroatoms. The monoisotopic (exact) mass is 560 g/mol. The summed E-state index contributed by atoms with van der Waals surface area (Å²) in [6.07, 6.45) is 0. The van der Waals surface area contributed by atoms with E-state index in [0.717, 1.165) is 33.5 Å². The van der Waals surface area contributed by atoms with Crippen LogP contribution in [0.1, 0.15) is 0 Å². The van der Waals surface area contributed by atoms with Gasteiger partial charge in [0.15, 0.2) is 0 Å². The zero-order chi connectivity index (χ0) is 13.4. The molecule has 0 aliphatic carbocycles. The van der Waals surface area contributed by atoms with E-state index in [1.165, 1.54) is 0 Å². The first-order valence-electron chi connectivity index (χ1n) is 4.74. The molecule has 18 heavy (non-hydrogen) atoms. The molecular weight excluding hydrogens is 560 g/mol. The van der Waals surface area contributed by atoms with Gasteiger partial charge in [0, 0.05) is 27.9 Å². The van der Waals surface area contributed by atoms with Crippen molar-refractivity contribution in [2.45, 2.75) is 0 Å². The molecule has 0 saturated carbocycles. The first kappa shape index (κ1) is 15.0. The van der Waals surface area contributed by atoms with Crippen LogP contribution >= 0.6 is 79.6 Å². The summed E-state index contributed by atoms with van der Waals surface area (Å²) in [5.41, 5.74) is 2.01. The fraction of sp³-hybridized carbons (Fsp3) is 0. The first-order valence-corrected chi connectivity index (χ1v) is 8.70. The fourth-order valence-corrected chi connectivity index (χ4v) is 4.99. The van der Waals surface area contributed by atoms with Crippen LogP contribution in [0.25, 0.3) is 11.1 Å². The highest BCUT2D eigenvalue weighted by Crippen LogP contribution is 2.48. The molecule has 0 fully saturated rings. The Morgan fingerprint density at radius 2 is 1.00 bits per heavy atom. The third kappa shape index (κ3) is 2.73. The van der Waals surface area contributed by atoms with E-state index >= 15 is 0 Å². The van der Waals surface area contributed by atoms with Gasteiger partial charge in [0.05, 0.1) is 0 Å². The summed E-state index contributed by atoms with van der Waals surface area (Å²) in [6.45, 7) is 0. The molecule has 0 heterocycles. The zero-order valence-electron chi connectivity index (χ0n) is 8.65. The molecule has 0 amide bonds. The topological polar surface area (TPSA) is 20.2 Å². The highest BCUT2D eigenvalue weighted by atomic mass is 79.9. The fourth-order valence-electron chi connectivity index (χ4n) is 1.49. The van der Waals surface area contributed by atoms with Crippen LogP contribution in [0.4, 0.5) is 0 Å². The Labute approximate surface area is 147 Å². The molecule has 2 rings (SSSR count). The summed E-state index contributed by atoms with van der Waals surface area (Å²) in [5, 5.41) is 9.35. The van der Waals surface area contributed by atoms with Crippen molar-refractivity contribution < 1.29 is 5.11 Å². The summed E-state index contributed by atoms with van der Waals surface area (Å²) in [5.74, 6) is 0.251. The number of hydrogen-bond acceptors (Lipinski definition) is 1. The second-order valence-electron chi connectivity index (χ2n) is 3.49. The highest BCUT2D eigenvalue weighted by molar-refractivity contribution is 9.15. The number of phenolic OH excluding ortho intramolecular Hbond substituents is 1. The van der Waals surface area contributed by atoms with Gasteiger partial charge in [-0.2, -0.15) is 0 Å². The lowest BCUT2D eigenvalue weighted by Gasteiger charge is -2.14. The van der Waals surface area contributed by atoms with Gasteiger partial charge in [-0.1, -0.05) is 12.1 Å². The summed E-state index contributed by atoms with van der Waals surface area (Å²) in [7, 11) is 0. The summed E-state index contributed by atoms with van der Waals surface area (Å²) in [4.78, 5) is 0. The molecule has 0 unspecified atom stereocenters. The van der Waals surface area contributed by atoms with Crippen molar-refractivity contribution in [1.29, 1.82) is 0 Å². The Kier molecular flexibility index (Phi) is 4.97. The van der Waals surface area contributed by atoms with E-state index in [0.29, 0.717) is 0 Å². The number of hydrogen-bond donors (Lipinski definition) is 1. The maximum absolute atomic E-state index is 9.35. The number of halogens is 5. The van der Waals surface area contributed by atoms with Gasteiger partial charge in [-0.3, -0.25) is 0 Å². The lowest BCUT2D eigenvalue weighted by molar-refractivity contribution is 0.475. The van der Waals surface area contributed by atoms with Crippen molar-refractivity contribution in [3.05, 3.63) is 46.6 Å². The van der Waals surface area contributed by atoms with E-state index in [9.17, 15) is 5.11 Å². The number of benzene rings is 2. The van der Waals surface area contributed by atoms with E-state index in [2.05, 4.69) is 79.6 Å². The van der Waals surface area contributed by atoms with Gasteiger partial charge in [0.2, 0.25) is 0 Å². The zero-order valence-corrected chi connectivity index (χ0v) is 16.6. The van der Waals surface area contributed by atoms with Gasteiger partial charge < -0.3 is 5.11 Å². The molecular formula is C12H5Br5O. The molecule has 0 atom stereocenters. The Morgan fingerprint density at radius 1 is 0.611 bits per heavy atom. The van der Waals surface area contributed by atoms with E-state index in [-0.39, 0.29) is 5.75 Å². The second kappa shape index (κ2) is 5.95. The van der Waals surface area contributed by atoms with Crippen molar-refractivity contribution in [1.82, 2.24) is 0 Å². The van der Waals surface area contributed by atoms with Crippen LogP contribution in [-0.4, -0.2) is 5.11 Å². The molecule has 0 aliphatic heterocycles.